The Hall–Kier alpha value is -2.04. The zero-order valence-corrected chi connectivity index (χ0v) is 15.3. The third-order valence-corrected chi connectivity index (χ3v) is 4.93. The second kappa shape index (κ2) is 9.44. The summed E-state index contributed by atoms with van der Waals surface area (Å²) in [5, 5.41) is 3.05. The molecule has 0 spiro atoms. The highest BCUT2D eigenvalue weighted by atomic mass is 16.5. The average molecular weight is 347 g/mol. The second-order valence-corrected chi connectivity index (χ2v) is 6.62. The summed E-state index contributed by atoms with van der Waals surface area (Å²) in [5.41, 5.74) is 1.83. The molecule has 0 aromatic rings. The third-order valence-electron chi connectivity index (χ3n) is 4.93. The first-order chi connectivity index (χ1) is 12.1. The van der Waals surface area contributed by atoms with Gasteiger partial charge in [-0.25, -0.2) is 9.59 Å². The lowest BCUT2D eigenvalue weighted by molar-refractivity contribution is -0.140. The standard InChI is InChI=1S/C20H29NO4/c1-4-12-25-20(23)17-14(3)21-13-16(19(22)24-5-2)18(17)15-10-8-6-7-9-11-15/h4,13,15,18,21H,1,5-12H2,2-3H3/t18-/m1/s1. The molecular formula is C20H29NO4. The number of rotatable bonds is 6. The predicted molar refractivity (Wildman–Crippen MR) is 96.4 cm³/mol. The fraction of sp³-hybridized carbons (Fsp3) is 0.600. The van der Waals surface area contributed by atoms with Crippen LogP contribution < -0.4 is 5.32 Å². The summed E-state index contributed by atoms with van der Waals surface area (Å²) >= 11 is 0. The molecular weight excluding hydrogens is 318 g/mol. The Bertz CT molecular complexity index is 568. The lowest BCUT2D eigenvalue weighted by Crippen LogP contribution is -2.35. The number of hydrogen-bond acceptors (Lipinski definition) is 5. The van der Waals surface area contributed by atoms with Gasteiger partial charge in [0.25, 0.3) is 0 Å². The van der Waals surface area contributed by atoms with Gasteiger partial charge in [-0.15, -0.1) is 0 Å². The van der Waals surface area contributed by atoms with Crippen molar-refractivity contribution in [2.75, 3.05) is 13.2 Å². The van der Waals surface area contributed by atoms with Crippen LogP contribution >= 0.6 is 0 Å². The molecule has 5 nitrogen and oxygen atoms in total. The van der Waals surface area contributed by atoms with Gasteiger partial charge in [0.1, 0.15) is 6.61 Å². The van der Waals surface area contributed by atoms with Crippen molar-refractivity contribution in [3.8, 4) is 0 Å². The number of hydrogen-bond donors (Lipinski definition) is 1. The molecule has 1 N–H and O–H groups in total. The Morgan fingerprint density at radius 1 is 1.20 bits per heavy atom. The van der Waals surface area contributed by atoms with E-state index < -0.39 is 0 Å². The van der Waals surface area contributed by atoms with Gasteiger partial charge in [0.05, 0.1) is 17.8 Å². The molecule has 25 heavy (non-hydrogen) atoms. The molecule has 0 radical (unpaired) electrons. The van der Waals surface area contributed by atoms with E-state index >= 15 is 0 Å². The smallest absolute Gasteiger partial charge is 0.336 e. The number of nitrogens with one attached hydrogen (secondary N) is 1. The number of dihydropyridines is 1. The summed E-state index contributed by atoms with van der Waals surface area (Å²) in [4.78, 5) is 25.2. The van der Waals surface area contributed by atoms with Gasteiger partial charge < -0.3 is 14.8 Å². The zero-order valence-electron chi connectivity index (χ0n) is 15.3. The Labute approximate surface area is 150 Å². The van der Waals surface area contributed by atoms with Crippen molar-refractivity contribution in [2.24, 2.45) is 11.8 Å². The normalized spacial score (nSPS) is 21.7. The quantitative estimate of drug-likeness (QED) is 0.451. The van der Waals surface area contributed by atoms with Gasteiger partial charge in [0.15, 0.2) is 0 Å². The highest BCUT2D eigenvalue weighted by Gasteiger charge is 2.39. The number of esters is 2. The minimum absolute atomic E-state index is 0.158. The molecule has 1 atom stereocenters. The zero-order chi connectivity index (χ0) is 18.2. The van der Waals surface area contributed by atoms with Crippen LogP contribution in [0.1, 0.15) is 52.4 Å². The maximum atomic E-state index is 12.7. The van der Waals surface area contributed by atoms with Crippen molar-refractivity contribution >= 4 is 11.9 Å². The van der Waals surface area contributed by atoms with Gasteiger partial charge in [-0.05, 0) is 32.6 Å². The third kappa shape index (κ3) is 4.74. The molecule has 0 amide bonds. The van der Waals surface area contributed by atoms with Crippen LogP contribution in [0.25, 0.3) is 0 Å². The molecule has 0 unspecified atom stereocenters. The SMILES string of the molecule is C=CCOC(=O)C1=C(C)NC=C(C(=O)OCC)[C@H]1C1CCCCCC1. The van der Waals surface area contributed by atoms with Crippen LogP contribution in [0.4, 0.5) is 0 Å². The Morgan fingerprint density at radius 3 is 2.48 bits per heavy atom. The molecule has 1 aliphatic heterocycles. The van der Waals surface area contributed by atoms with Crippen LogP contribution in [-0.2, 0) is 19.1 Å². The Morgan fingerprint density at radius 2 is 1.88 bits per heavy atom. The van der Waals surface area contributed by atoms with Gasteiger partial charge in [-0.3, -0.25) is 0 Å². The molecule has 1 saturated carbocycles. The molecule has 5 heteroatoms. The van der Waals surface area contributed by atoms with Gasteiger partial charge in [0.2, 0.25) is 0 Å². The van der Waals surface area contributed by atoms with Crippen molar-refractivity contribution < 1.29 is 19.1 Å². The molecule has 138 valence electrons. The van der Waals surface area contributed by atoms with Crippen LogP contribution in [0.15, 0.2) is 35.7 Å². The highest BCUT2D eigenvalue weighted by Crippen LogP contribution is 2.40. The summed E-state index contributed by atoms with van der Waals surface area (Å²) in [5.74, 6) is -0.753. The molecule has 1 aliphatic carbocycles. The minimum atomic E-state index is -0.381. The first-order valence-electron chi connectivity index (χ1n) is 9.22. The van der Waals surface area contributed by atoms with Crippen LogP contribution in [-0.4, -0.2) is 25.2 Å². The van der Waals surface area contributed by atoms with E-state index in [9.17, 15) is 9.59 Å². The number of carbonyl (C=O) groups excluding carboxylic acids is 2. The minimum Gasteiger partial charge on any atom is -0.463 e. The molecule has 2 rings (SSSR count). The van der Waals surface area contributed by atoms with E-state index in [1.807, 2.05) is 6.92 Å². The lowest BCUT2D eigenvalue weighted by Gasteiger charge is -2.33. The van der Waals surface area contributed by atoms with Crippen molar-refractivity contribution in [1.82, 2.24) is 5.32 Å². The first kappa shape index (κ1) is 19.3. The molecule has 2 aliphatic rings. The van der Waals surface area contributed by atoms with Crippen LogP contribution in [0.3, 0.4) is 0 Å². The van der Waals surface area contributed by atoms with Gasteiger partial charge in [-0.1, -0.05) is 38.3 Å². The lowest BCUT2D eigenvalue weighted by atomic mass is 9.75. The fourth-order valence-electron chi connectivity index (χ4n) is 3.77. The van der Waals surface area contributed by atoms with E-state index in [0.717, 1.165) is 31.4 Å². The number of allylic oxidation sites excluding steroid dienone is 1. The van der Waals surface area contributed by atoms with E-state index in [1.165, 1.54) is 12.8 Å². The van der Waals surface area contributed by atoms with Gasteiger partial charge in [-0.2, -0.15) is 0 Å². The van der Waals surface area contributed by atoms with Crippen molar-refractivity contribution in [2.45, 2.75) is 52.4 Å². The molecule has 1 fully saturated rings. The summed E-state index contributed by atoms with van der Waals surface area (Å²) in [6, 6.07) is 0. The summed E-state index contributed by atoms with van der Waals surface area (Å²) < 4.78 is 10.5. The monoisotopic (exact) mass is 347 g/mol. The van der Waals surface area contributed by atoms with Gasteiger partial charge >= 0.3 is 11.9 Å². The van der Waals surface area contributed by atoms with Crippen LogP contribution in [0.5, 0.6) is 0 Å². The van der Waals surface area contributed by atoms with Crippen LogP contribution in [0, 0.1) is 11.8 Å². The maximum absolute atomic E-state index is 12.7. The average Bonchev–Trinajstić information content (AvgIpc) is 2.88. The summed E-state index contributed by atoms with van der Waals surface area (Å²) in [7, 11) is 0. The van der Waals surface area contributed by atoms with E-state index in [1.54, 1.807) is 19.2 Å². The van der Waals surface area contributed by atoms with Crippen LogP contribution in [0.2, 0.25) is 0 Å². The largest absolute Gasteiger partial charge is 0.463 e. The van der Waals surface area contributed by atoms with E-state index in [-0.39, 0.29) is 30.4 Å². The van der Waals surface area contributed by atoms with E-state index in [2.05, 4.69) is 11.9 Å². The van der Waals surface area contributed by atoms with Crippen molar-refractivity contribution in [3.63, 3.8) is 0 Å². The second-order valence-electron chi connectivity index (χ2n) is 6.62. The van der Waals surface area contributed by atoms with E-state index in [0.29, 0.717) is 17.8 Å². The van der Waals surface area contributed by atoms with E-state index in [4.69, 9.17) is 9.47 Å². The maximum Gasteiger partial charge on any atom is 0.336 e. The van der Waals surface area contributed by atoms with Crippen molar-refractivity contribution in [3.05, 3.63) is 35.7 Å². The summed E-state index contributed by atoms with van der Waals surface area (Å²) in [6.45, 7) is 7.70. The Balaban J connectivity index is 2.36. The molecule has 0 bridgehead atoms. The highest BCUT2D eigenvalue weighted by molar-refractivity contribution is 5.97. The summed E-state index contributed by atoms with van der Waals surface area (Å²) in [6.07, 6.45) is 9.93. The number of ether oxygens (including phenoxy) is 2. The predicted octanol–water partition coefficient (Wildman–Crippen LogP) is 3.63. The van der Waals surface area contributed by atoms with Gasteiger partial charge in [0, 0.05) is 17.8 Å². The molecule has 0 aromatic heterocycles. The molecule has 1 heterocycles. The number of carbonyl (C=O) groups is 2. The topological polar surface area (TPSA) is 64.6 Å². The fourth-order valence-corrected chi connectivity index (χ4v) is 3.77. The van der Waals surface area contributed by atoms with Crippen molar-refractivity contribution in [1.29, 1.82) is 0 Å². The Kier molecular flexibility index (Phi) is 7.29. The molecule has 0 aromatic carbocycles. The molecule has 0 saturated heterocycles. The first-order valence-corrected chi connectivity index (χ1v) is 9.22.